The van der Waals surface area contributed by atoms with Crippen LogP contribution < -0.4 is 5.32 Å². The van der Waals surface area contributed by atoms with Gasteiger partial charge in [0, 0.05) is 19.8 Å². The number of ether oxygens (including phenoxy) is 1. The molecule has 2 heterocycles. The number of amides is 1. The number of hydrogen-bond donors (Lipinski definition) is 1. The van der Waals surface area contributed by atoms with E-state index in [9.17, 15) is 4.79 Å². The van der Waals surface area contributed by atoms with Gasteiger partial charge in [0.25, 0.3) is 0 Å². The molecule has 0 radical (unpaired) electrons. The Morgan fingerprint density at radius 2 is 2.24 bits per heavy atom. The fraction of sp³-hybridized carbons (Fsp3) is 0.688. The van der Waals surface area contributed by atoms with Crippen LogP contribution in [0.3, 0.4) is 0 Å². The van der Waals surface area contributed by atoms with Crippen molar-refractivity contribution in [2.24, 2.45) is 5.92 Å². The molecule has 1 aliphatic rings. The van der Waals surface area contributed by atoms with Gasteiger partial charge in [-0.3, -0.25) is 10.1 Å². The molecule has 2 unspecified atom stereocenters. The van der Waals surface area contributed by atoms with E-state index in [4.69, 9.17) is 4.74 Å². The van der Waals surface area contributed by atoms with Crippen molar-refractivity contribution in [3.63, 3.8) is 0 Å². The van der Waals surface area contributed by atoms with E-state index in [1.54, 1.807) is 11.3 Å². The Hall–Kier alpha value is -0.910. The number of carbonyl (C=O) groups excluding carboxylic acids is 1. The molecule has 0 bridgehead atoms. The van der Waals surface area contributed by atoms with Crippen molar-refractivity contribution in [2.45, 2.75) is 45.8 Å². The SMILES string of the molecule is CCCOCCCN1C(=O)C(C(C)C)NC1c1ccsc1. The van der Waals surface area contributed by atoms with Crippen LogP contribution in [0, 0.1) is 5.92 Å². The Labute approximate surface area is 131 Å². The van der Waals surface area contributed by atoms with Gasteiger partial charge in [-0.25, -0.2) is 0 Å². The van der Waals surface area contributed by atoms with Crippen molar-refractivity contribution in [1.29, 1.82) is 0 Å². The van der Waals surface area contributed by atoms with Crippen LogP contribution in [0.2, 0.25) is 0 Å². The summed E-state index contributed by atoms with van der Waals surface area (Å²) in [7, 11) is 0. The Morgan fingerprint density at radius 3 is 2.86 bits per heavy atom. The van der Waals surface area contributed by atoms with E-state index in [0.717, 1.165) is 32.6 Å². The van der Waals surface area contributed by atoms with Crippen molar-refractivity contribution in [1.82, 2.24) is 10.2 Å². The summed E-state index contributed by atoms with van der Waals surface area (Å²) in [5.41, 5.74) is 1.19. The smallest absolute Gasteiger partial charge is 0.241 e. The fourth-order valence-corrected chi connectivity index (χ4v) is 3.32. The van der Waals surface area contributed by atoms with Gasteiger partial charge in [-0.15, -0.1) is 0 Å². The molecule has 1 amide bonds. The Kier molecular flexibility index (Phi) is 6.21. The first-order valence-electron chi connectivity index (χ1n) is 7.81. The molecule has 4 nitrogen and oxygen atoms in total. The summed E-state index contributed by atoms with van der Waals surface area (Å²) in [4.78, 5) is 14.6. The van der Waals surface area contributed by atoms with Gasteiger partial charge in [0.15, 0.2) is 0 Å². The van der Waals surface area contributed by atoms with E-state index in [0.29, 0.717) is 5.92 Å². The molecule has 1 N–H and O–H groups in total. The molecule has 1 saturated heterocycles. The van der Waals surface area contributed by atoms with Crippen LogP contribution >= 0.6 is 11.3 Å². The van der Waals surface area contributed by atoms with Crippen molar-refractivity contribution >= 4 is 17.2 Å². The van der Waals surface area contributed by atoms with Crippen LogP contribution in [-0.2, 0) is 9.53 Å². The zero-order valence-corrected chi connectivity index (χ0v) is 14.0. The number of rotatable bonds is 8. The summed E-state index contributed by atoms with van der Waals surface area (Å²) in [5.74, 6) is 0.525. The molecule has 118 valence electrons. The third-order valence-electron chi connectivity index (χ3n) is 3.76. The lowest BCUT2D eigenvalue weighted by atomic mass is 10.1. The molecular formula is C16H26N2O2S. The average Bonchev–Trinajstić information content (AvgIpc) is 3.07. The Bertz CT molecular complexity index is 433. The lowest BCUT2D eigenvalue weighted by molar-refractivity contribution is -0.131. The van der Waals surface area contributed by atoms with Crippen LogP contribution in [0.1, 0.15) is 45.3 Å². The molecule has 1 aromatic heterocycles. The van der Waals surface area contributed by atoms with Gasteiger partial charge in [0.05, 0.1) is 6.04 Å². The normalized spacial score (nSPS) is 22.5. The minimum atomic E-state index is -0.0774. The molecule has 0 saturated carbocycles. The lowest BCUT2D eigenvalue weighted by Crippen LogP contribution is -2.35. The minimum Gasteiger partial charge on any atom is -0.381 e. The summed E-state index contributed by atoms with van der Waals surface area (Å²) < 4.78 is 5.52. The zero-order valence-electron chi connectivity index (χ0n) is 13.2. The first kappa shape index (κ1) is 16.5. The Balaban J connectivity index is 1.98. The summed E-state index contributed by atoms with van der Waals surface area (Å²) in [6.07, 6.45) is 1.94. The van der Waals surface area contributed by atoms with E-state index < -0.39 is 0 Å². The summed E-state index contributed by atoms with van der Waals surface area (Å²) >= 11 is 1.67. The van der Waals surface area contributed by atoms with E-state index in [2.05, 4.69) is 42.9 Å². The van der Waals surface area contributed by atoms with Crippen LogP contribution in [0.25, 0.3) is 0 Å². The van der Waals surface area contributed by atoms with Gasteiger partial charge >= 0.3 is 0 Å². The highest BCUT2D eigenvalue weighted by molar-refractivity contribution is 7.07. The number of nitrogens with zero attached hydrogens (tertiary/aromatic N) is 1. The van der Waals surface area contributed by atoms with Crippen LogP contribution in [0.5, 0.6) is 0 Å². The topological polar surface area (TPSA) is 41.6 Å². The molecule has 1 aromatic rings. The predicted octanol–water partition coefficient (Wildman–Crippen LogP) is 3.02. The third-order valence-corrected chi connectivity index (χ3v) is 4.46. The minimum absolute atomic E-state index is 0.0160. The molecule has 2 atom stereocenters. The maximum Gasteiger partial charge on any atom is 0.241 e. The van der Waals surface area contributed by atoms with Crippen molar-refractivity contribution in [2.75, 3.05) is 19.8 Å². The first-order valence-corrected chi connectivity index (χ1v) is 8.75. The van der Waals surface area contributed by atoms with Crippen LogP contribution in [-0.4, -0.2) is 36.6 Å². The molecule has 2 rings (SSSR count). The molecule has 21 heavy (non-hydrogen) atoms. The largest absolute Gasteiger partial charge is 0.381 e. The number of hydrogen-bond acceptors (Lipinski definition) is 4. The lowest BCUT2D eigenvalue weighted by Gasteiger charge is -2.23. The van der Waals surface area contributed by atoms with Crippen molar-refractivity contribution in [3.05, 3.63) is 22.4 Å². The van der Waals surface area contributed by atoms with Gasteiger partial charge < -0.3 is 9.64 Å². The van der Waals surface area contributed by atoms with E-state index in [-0.39, 0.29) is 18.1 Å². The van der Waals surface area contributed by atoms with E-state index in [1.165, 1.54) is 5.56 Å². The van der Waals surface area contributed by atoms with Crippen LogP contribution in [0.15, 0.2) is 16.8 Å². The molecule has 1 aliphatic heterocycles. The summed E-state index contributed by atoms with van der Waals surface area (Å²) in [6.45, 7) is 8.56. The van der Waals surface area contributed by atoms with Crippen molar-refractivity contribution in [3.8, 4) is 0 Å². The fourth-order valence-electron chi connectivity index (χ4n) is 2.64. The average molecular weight is 310 g/mol. The van der Waals surface area contributed by atoms with E-state index in [1.807, 2.05) is 4.90 Å². The van der Waals surface area contributed by atoms with Gasteiger partial charge in [-0.05, 0) is 41.1 Å². The molecular weight excluding hydrogens is 284 g/mol. The highest BCUT2D eigenvalue weighted by atomic mass is 32.1. The second kappa shape index (κ2) is 7.92. The summed E-state index contributed by atoms with van der Waals surface area (Å²) in [6, 6.07) is 2.02. The number of nitrogens with one attached hydrogen (secondary N) is 1. The van der Waals surface area contributed by atoms with E-state index >= 15 is 0 Å². The third kappa shape index (κ3) is 4.05. The van der Waals surface area contributed by atoms with Gasteiger partial charge in [-0.2, -0.15) is 11.3 Å². The Morgan fingerprint density at radius 1 is 1.43 bits per heavy atom. The second-order valence-corrected chi connectivity index (χ2v) is 6.63. The molecule has 5 heteroatoms. The highest BCUT2D eigenvalue weighted by Gasteiger charge is 2.40. The predicted molar refractivity (Wildman–Crippen MR) is 86.3 cm³/mol. The standard InChI is InChI=1S/C16H26N2O2S/c1-4-8-20-9-5-7-18-15(13-6-10-21-11-13)17-14(12(2)3)16(18)19/h6,10-12,14-15,17H,4-5,7-9H2,1-3H3. The maximum atomic E-state index is 12.6. The van der Waals surface area contributed by atoms with Crippen molar-refractivity contribution < 1.29 is 9.53 Å². The summed E-state index contributed by atoms with van der Waals surface area (Å²) in [5, 5.41) is 7.67. The monoisotopic (exact) mass is 310 g/mol. The quantitative estimate of drug-likeness (QED) is 0.751. The highest BCUT2D eigenvalue weighted by Crippen LogP contribution is 2.29. The molecule has 0 aromatic carbocycles. The van der Waals surface area contributed by atoms with Gasteiger partial charge in [-0.1, -0.05) is 20.8 Å². The number of carbonyl (C=O) groups is 1. The molecule has 0 aliphatic carbocycles. The zero-order chi connectivity index (χ0) is 15.2. The van der Waals surface area contributed by atoms with Gasteiger partial charge in [0.2, 0.25) is 5.91 Å². The van der Waals surface area contributed by atoms with Crippen LogP contribution in [0.4, 0.5) is 0 Å². The molecule has 0 spiro atoms. The van der Waals surface area contributed by atoms with Gasteiger partial charge in [0.1, 0.15) is 6.17 Å². The molecule has 1 fully saturated rings. The number of thiophene rings is 1. The second-order valence-electron chi connectivity index (χ2n) is 5.85. The maximum absolute atomic E-state index is 12.6. The first-order chi connectivity index (χ1) is 10.1.